The van der Waals surface area contributed by atoms with Gasteiger partial charge in [-0.05, 0) is 17.2 Å². The Bertz CT molecular complexity index is 595. The van der Waals surface area contributed by atoms with Crippen molar-refractivity contribution in [2.45, 2.75) is 39.5 Å². The van der Waals surface area contributed by atoms with Crippen LogP contribution in [0.3, 0.4) is 0 Å². The molecule has 0 saturated carbocycles. The van der Waals surface area contributed by atoms with Crippen LogP contribution in [0, 0.1) is 0 Å². The molecule has 3 rings (SSSR count). The Labute approximate surface area is 123 Å². The van der Waals surface area contributed by atoms with Gasteiger partial charge in [-0.25, -0.2) is 0 Å². The number of benzene rings is 1. The summed E-state index contributed by atoms with van der Waals surface area (Å²) in [5.41, 5.74) is 3.72. The number of fused-ring (bicyclic) bond motifs is 1. The minimum absolute atomic E-state index is 0.513. The summed E-state index contributed by atoms with van der Waals surface area (Å²) in [6, 6.07) is 6.95. The van der Waals surface area contributed by atoms with Crippen molar-refractivity contribution in [2.75, 3.05) is 6.54 Å². The van der Waals surface area contributed by atoms with Crippen molar-refractivity contribution in [3.05, 3.63) is 34.3 Å². The van der Waals surface area contributed by atoms with Gasteiger partial charge in [-0.15, -0.1) is 10.2 Å². The number of aromatic nitrogens is 2. The van der Waals surface area contributed by atoms with E-state index < -0.39 is 0 Å². The number of nitrogens with zero attached hydrogens (tertiary/aromatic N) is 2. The third-order valence-corrected chi connectivity index (χ3v) is 4.36. The van der Waals surface area contributed by atoms with Crippen molar-refractivity contribution in [3.8, 4) is 10.6 Å². The van der Waals surface area contributed by atoms with Gasteiger partial charge in [0, 0.05) is 24.6 Å². The molecule has 0 atom stereocenters. The highest BCUT2D eigenvalue weighted by Crippen LogP contribution is 2.28. The zero-order valence-electron chi connectivity index (χ0n) is 11.8. The highest BCUT2D eigenvalue weighted by atomic mass is 32.1. The van der Waals surface area contributed by atoms with Gasteiger partial charge in [0.2, 0.25) is 0 Å². The van der Waals surface area contributed by atoms with Crippen LogP contribution in [-0.2, 0) is 24.4 Å². The van der Waals surface area contributed by atoms with E-state index in [-0.39, 0.29) is 0 Å². The highest BCUT2D eigenvalue weighted by Gasteiger charge is 2.14. The van der Waals surface area contributed by atoms with E-state index >= 15 is 0 Å². The van der Waals surface area contributed by atoms with Crippen molar-refractivity contribution in [1.29, 1.82) is 0 Å². The van der Waals surface area contributed by atoms with E-state index in [9.17, 15) is 0 Å². The van der Waals surface area contributed by atoms with Gasteiger partial charge in [-0.2, -0.15) is 0 Å². The van der Waals surface area contributed by atoms with Crippen LogP contribution >= 0.6 is 11.3 Å². The largest absolute Gasteiger partial charge is 0.372 e. The Morgan fingerprint density at radius 3 is 2.95 bits per heavy atom. The van der Waals surface area contributed by atoms with E-state index in [1.54, 1.807) is 11.3 Å². The van der Waals surface area contributed by atoms with Crippen LogP contribution in [0.15, 0.2) is 18.2 Å². The predicted octanol–water partition coefficient (Wildman–Crippen LogP) is 2.78. The molecule has 0 unspecified atom stereocenters. The van der Waals surface area contributed by atoms with Crippen LogP contribution < -0.4 is 5.32 Å². The molecule has 1 aromatic heterocycles. The molecule has 0 aliphatic carbocycles. The summed E-state index contributed by atoms with van der Waals surface area (Å²) in [4.78, 5) is 0. The number of hydrogen-bond donors (Lipinski definition) is 1. The summed E-state index contributed by atoms with van der Waals surface area (Å²) in [5, 5.41) is 14.1. The summed E-state index contributed by atoms with van der Waals surface area (Å²) < 4.78 is 5.45. The van der Waals surface area contributed by atoms with Crippen LogP contribution in [0.4, 0.5) is 0 Å². The van der Waals surface area contributed by atoms with Crippen LogP contribution in [0.5, 0.6) is 0 Å². The molecule has 5 heteroatoms. The standard InChI is InChI=1S/C15H19N3OS/c1-10(2)16-6-5-14-17-18-15(20-14)11-3-4-12-8-19-9-13(12)7-11/h3-4,7,10,16H,5-6,8-9H2,1-2H3. The van der Waals surface area contributed by atoms with Crippen molar-refractivity contribution in [2.24, 2.45) is 0 Å². The van der Waals surface area contributed by atoms with Crippen molar-refractivity contribution in [3.63, 3.8) is 0 Å². The molecule has 1 N–H and O–H groups in total. The van der Waals surface area contributed by atoms with E-state index in [2.05, 4.69) is 47.6 Å². The SMILES string of the molecule is CC(C)NCCc1nnc(-c2ccc3c(c2)COC3)s1. The van der Waals surface area contributed by atoms with Gasteiger partial charge in [0.05, 0.1) is 13.2 Å². The summed E-state index contributed by atoms with van der Waals surface area (Å²) >= 11 is 1.68. The average Bonchev–Trinajstić information content (AvgIpc) is 3.05. The molecule has 0 bridgehead atoms. The second kappa shape index (κ2) is 5.99. The molecule has 0 fully saturated rings. The maximum Gasteiger partial charge on any atom is 0.147 e. The lowest BCUT2D eigenvalue weighted by atomic mass is 10.1. The monoisotopic (exact) mass is 289 g/mol. The molecule has 2 aromatic rings. The second-order valence-electron chi connectivity index (χ2n) is 5.34. The van der Waals surface area contributed by atoms with Gasteiger partial charge in [-0.1, -0.05) is 37.3 Å². The van der Waals surface area contributed by atoms with Crippen LogP contribution in [-0.4, -0.2) is 22.8 Å². The molecule has 1 aliphatic heterocycles. The zero-order valence-corrected chi connectivity index (χ0v) is 12.7. The van der Waals surface area contributed by atoms with Gasteiger partial charge in [0.25, 0.3) is 0 Å². The van der Waals surface area contributed by atoms with Crippen LogP contribution in [0.1, 0.15) is 30.0 Å². The number of nitrogens with one attached hydrogen (secondary N) is 1. The van der Waals surface area contributed by atoms with Crippen molar-refractivity contribution in [1.82, 2.24) is 15.5 Å². The smallest absolute Gasteiger partial charge is 0.147 e. The van der Waals surface area contributed by atoms with E-state index in [0.29, 0.717) is 12.6 Å². The van der Waals surface area contributed by atoms with E-state index in [1.807, 2.05) is 0 Å². The number of rotatable bonds is 5. The predicted molar refractivity (Wildman–Crippen MR) is 80.7 cm³/mol. The van der Waals surface area contributed by atoms with E-state index in [4.69, 9.17) is 4.74 Å². The Balaban J connectivity index is 1.70. The van der Waals surface area contributed by atoms with Gasteiger partial charge < -0.3 is 10.1 Å². The number of hydrogen-bond acceptors (Lipinski definition) is 5. The Kier molecular flexibility index (Phi) is 4.10. The molecule has 106 valence electrons. The maximum atomic E-state index is 5.45. The van der Waals surface area contributed by atoms with E-state index in [0.717, 1.165) is 35.2 Å². The van der Waals surface area contributed by atoms with Crippen LogP contribution in [0.25, 0.3) is 10.6 Å². The summed E-state index contributed by atoms with van der Waals surface area (Å²) in [6.07, 6.45) is 0.934. The minimum atomic E-state index is 0.513. The topological polar surface area (TPSA) is 47.0 Å². The first-order chi connectivity index (χ1) is 9.72. The molecular weight excluding hydrogens is 270 g/mol. The maximum absolute atomic E-state index is 5.45. The fourth-order valence-electron chi connectivity index (χ4n) is 2.24. The quantitative estimate of drug-likeness (QED) is 0.919. The summed E-state index contributed by atoms with van der Waals surface area (Å²) in [6.45, 7) is 6.70. The van der Waals surface area contributed by atoms with Crippen LogP contribution in [0.2, 0.25) is 0 Å². The first kappa shape index (κ1) is 13.7. The average molecular weight is 289 g/mol. The minimum Gasteiger partial charge on any atom is -0.372 e. The van der Waals surface area contributed by atoms with Gasteiger partial charge in [0.15, 0.2) is 0 Å². The molecule has 20 heavy (non-hydrogen) atoms. The molecule has 0 radical (unpaired) electrons. The third kappa shape index (κ3) is 3.06. The summed E-state index contributed by atoms with van der Waals surface area (Å²) in [7, 11) is 0. The molecule has 4 nitrogen and oxygen atoms in total. The fourth-order valence-corrected chi connectivity index (χ4v) is 3.08. The van der Waals surface area contributed by atoms with Crippen molar-refractivity contribution >= 4 is 11.3 Å². The normalized spacial score (nSPS) is 13.9. The molecular formula is C15H19N3OS. The molecule has 1 aromatic carbocycles. The zero-order chi connectivity index (χ0) is 13.9. The number of ether oxygens (including phenoxy) is 1. The lowest BCUT2D eigenvalue weighted by molar-refractivity contribution is 0.134. The molecule has 0 amide bonds. The Hall–Kier alpha value is -1.30. The Morgan fingerprint density at radius 2 is 2.10 bits per heavy atom. The third-order valence-electron chi connectivity index (χ3n) is 3.33. The lowest BCUT2D eigenvalue weighted by Gasteiger charge is -2.05. The van der Waals surface area contributed by atoms with Gasteiger partial charge in [0.1, 0.15) is 10.0 Å². The first-order valence-corrected chi connectivity index (χ1v) is 7.79. The van der Waals surface area contributed by atoms with E-state index in [1.165, 1.54) is 11.1 Å². The molecule has 0 spiro atoms. The van der Waals surface area contributed by atoms with Crippen molar-refractivity contribution < 1.29 is 4.74 Å². The highest BCUT2D eigenvalue weighted by molar-refractivity contribution is 7.14. The first-order valence-electron chi connectivity index (χ1n) is 6.98. The Morgan fingerprint density at radius 1 is 1.25 bits per heavy atom. The molecule has 2 heterocycles. The lowest BCUT2D eigenvalue weighted by Crippen LogP contribution is -2.24. The molecule has 1 aliphatic rings. The fraction of sp³-hybridized carbons (Fsp3) is 0.467. The second-order valence-corrected chi connectivity index (χ2v) is 6.40. The van der Waals surface area contributed by atoms with Gasteiger partial charge >= 0.3 is 0 Å². The summed E-state index contributed by atoms with van der Waals surface area (Å²) in [5.74, 6) is 0. The molecule has 0 saturated heterocycles. The van der Waals surface area contributed by atoms with Gasteiger partial charge in [-0.3, -0.25) is 0 Å².